The standard InChI is InChI=1S/C13H16FN3/c1-9-13(10-5-4-6-11(14)7-10)16-12(8-15-2)17(9)3/h4-7,15H,8H2,1-3H3. The van der Waals surface area contributed by atoms with Gasteiger partial charge in [0, 0.05) is 18.3 Å². The van der Waals surface area contributed by atoms with Crippen LogP contribution in [0.5, 0.6) is 0 Å². The predicted octanol–water partition coefficient (Wildman–Crippen LogP) is 2.25. The topological polar surface area (TPSA) is 29.9 Å². The lowest BCUT2D eigenvalue weighted by atomic mass is 10.1. The van der Waals surface area contributed by atoms with Crippen molar-refractivity contribution in [1.29, 1.82) is 0 Å². The van der Waals surface area contributed by atoms with Crippen LogP contribution in [0.4, 0.5) is 4.39 Å². The minimum Gasteiger partial charge on any atom is -0.334 e. The van der Waals surface area contributed by atoms with Crippen molar-refractivity contribution in [2.45, 2.75) is 13.5 Å². The van der Waals surface area contributed by atoms with E-state index >= 15 is 0 Å². The normalized spacial score (nSPS) is 10.8. The van der Waals surface area contributed by atoms with E-state index in [1.54, 1.807) is 6.07 Å². The van der Waals surface area contributed by atoms with E-state index in [9.17, 15) is 4.39 Å². The van der Waals surface area contributed by atoms with Crippen LogP contribution in [0, 0.1) is 12.7 Å². The highest BCUT2D eigenvalue weighted by Crippen LogP contribution is 2.23. The highest BCUT2D eigenvalue weighted by molar-refractivity contribution is 5.62. The van der Waals surface area contributed by atoms with Gasteiger partial charge in [-0.25, -0.2) is 9.37 Å². The molecule has 1 N–H and O–H groups in total. The molecule has 0 saturated heterocycles. The van der Waals surface area contributed by atoms with Crippen LogP contribution in [-0.2, 0) is 13.6 Å². The first kappa shape index (κ1) is 11.8. The lowest BCUT2D eigenvalue weighted by Gasteiger charge is -2.01. The lowest BCUT2D eigenvalue weighted by Crippen LogP contribution is -2.10. The van der Waals surface area contributed by atoms with Gasteiger partial charge in [0.2, 0.25) is 0 Å². The molecule has 0 aliphatic carbocycles. The first-order chi connectivity index (χ1) is 8.13. The number of rotatable bonds is 3. The van der Waals surface area contributed by atoms with E-state index in [0.717, 1.165) is 22.8 Å². The maximum Gasteiger partial charge on any atom is 0.123 e. The minimum atomic E-state index is -0.234. The van der Waals surface area contributed by atoms with Gasteiger partial charge in [-0.1, -0.05) is 12.1 Å². The van der Waals surface area contributed by atoms with Crippen molar-refractivity contribution in [3.05, 3.63) is 41.6 Å². The molecule has 1 heterocycles. The van der Waals surface area contributed by atoms with Crippen LogP contribution in [0.2, 0.25) is 0 Å². The fourth-order valence-corrected chi connectivity index (χ4v) is 1.86. The molecule has 0 unspecified atom stereocenters. The van der Waals surface area contributed by atoms with Crippen molar-refractivity contribution in [2.75, 3.05) is 7.05 Å². The molecule has 2 rings (SSSR count). The molecule has 0 radical (unpaired) electrons. The summed E-state index contributed by atoms with van der Waals surface area (Å²) < 4.78 is 15.2. The summed E-state index contributed by atoms with van der Waals surface area (Å²) in [5.41, 5.74) is 2.71. The van der Waals surface area contributed by atoms with Gasteiger partial charge in [-0.05, 0) is 26.1 Å². The molecule has 0 fully saturated rings. The van der Waals surface area contributed by atoms with E-state index in [0.29, 0.717) is 6.54 Å². The second kappa shape index (κ2) is 4.67. The van der Waals surface area contributed by atoms with Crippen LogP contribution in [0.15, 0.2) is 24.3 Å². The molecule has 90 valence electrons. The summed E-state index contributed by atoms with van der Waals surface area (Å²) in [6.45, 7) is 2.69. The van der Waals surface area contributed by atoms with Crippen LogP contribution < -0.4 is 5.32 Å². The zero-order valence-corrected chi connectivity index (χ0v) is 10.3. The monoisotopic (exact) mass is 233 g/mol. The fraction of sp³-hybridized carbons (Fsp3) is 0.308. The second-order valence-electron chi connectivity index (χ2n) is 4.06. The van der Waals surface area contributed by atoms with Crippen molar-refractivity contribution >= 4 is 0 Å². The molecule has 2 aromatic rings. The zero-order valence-electron chi connectivity index (χ0n) is 10.3. The smallest absolute Gasteiger partial charge is 0.123 e. The highest BCUT2D eigenvalue weighted by Gasteiger charge is 2.12. The van der Waals surface area contributed by atoms with Crippen LogP contribution >= 0.6 is 0 Å². The SMILES string of the molecule is CNCc1nc(-c2cccc(F)c2)c(C)n1C. The number of nitrogens with zero attached hydrogens (tertiary/aromatic N) is 2. The number of halogens is 1. The Balaban J connectivity index is 2.49. The molecule has 0 bridgehead atoms. The van der Waals surface area contributed by atoms with Gasteiger partial charge >= 0.3 is 0 Å². The summed E-state index contributed by atoms with van der Waals surface area (Å²) >= 11 is 0. The van der Waals surface area contributed by atoms with E-state index in [1.807, 2.05) is 31.7 Å². The minimum absolute atomic E-state index is 0.234. The molecular formula is C13H16FN3. The van der Waals surface area contributed by atoms with Gasteiger partial charge in [0.05, 0.1) is 12.2 Å². The van der Waals surface area contributed by atoms with Crippen LogP contribution in [-0.4, -0.2) is 16.6 Å². The van der Waals surface area contributed by atoms with Gasteiger partial charge in [0.15, 0.2) is 0 Å². The lowest BCUT2D eigenvalue weighted by molar-refractivity contribution is 0.628. The average Bonchev–Trinajstić information content (AvgIpc) is 2.58. The van der Waals surface area contributed by atoms with Gasteiger partial charge in [0.25, 0.3) is 0 Å². The van der Waals surface area contributed by atoms with Crippen molar-refractivity contribution in [1.82, 2.24) is 14.9 Å². The molecule has 0 spiro atoms. The Bertz CT molecular complexity index is 531. The first-order valence-electron chi connectivity index (χ1n) is 5.56. The molecule has 0 aliphatic rings. The van der Waals surface area contributed by atoms with Crippen LogP contribution in [0.25, 0.3) is 11.3 Å². The van der Waals surface area contributed by atoms with E-state index in [2.05, 4.69) is 10.3 Å². The molecule has 17 heavy (non-hydrogen) atoms. The molecule has 1 aromatic heterocycles. The van der Waals surface area contributed by atoms with Crippen LogP contribution in [0.1, 0.15) is 11.5 Å². The summed E-state index contributed by atoms with van der Waals surface area (Å²) in [5, 5.41) is 3.07. The van der Waals surface area contributed by atoms with Gasteiger partial charge in [-0.3, -0.25) is 0 Å². The van der Waals surface area contributed by atoms with E-state index < -0.39 is 0 Å². The van der Waals surface area contributed by atoms with E-state index in [-0.39, 0.29) is 5.82 Å². The number of benzene rings is 1. The Kier molecular flexibility index (Phi) is 3.24. The number of imidazole rings is 1. The first-order valence-corrected chi connectivity index (χ1v) is 5.56. The molecule has 1 aromatic carbocycles. The van der Waals surface area contributed by atoms with Gasteiger partial charge in [-0.15, -0.1) is 0 Å². The third kappa shape index (κ3) is 2.22. The quantitative estimate of drug-likeness (QED) is 0.881. The Hall–Kier alpha value is -1.68. The highest BCUT2D eigenvalue weighted by atomic mass is 19.1. The van der Waals surface area contributed by atoms with Crippen molar-refractivity contribution in [3.63, 3.8) is 0 Å². The van der Waals surface area contributed by atoms with Gasteiger partial charge in [-0.2, -0.15) is 0 Å². The number of aromatic nitrogens is 2. The Morgan fingerprint density at radius 1 is 1.41 bits per heavy atom. The maximum atomic E-state index is 13.2. The van der Waals surface area contributed by atoms with Crippen molar-refractivity contribution in [2.24, 2.45) is 7.05 Å². The number of hydrogen-bond acceptors (Lipinski definition) is 2. The third-order valence-corrected chi connectivity index (χ3v) is 2.91. The molecular weight excluding hydrogens is 217 g/mol. The maximum absolute atomic E-state index is 13.2. The molecule has 0 aliphatic heterocycles. The summed E-state index contributed by atoms with van der Waals surface area (Å²) in [4.78, 5) is 4.54. The zero-order chi connectivity index (χ0) is 12.4. The fourth-order valence-electron chi connectivity index (χ4n) is 1.86. The van der Waals surface area contributed by atoms with E-state index in [1.165, 1.54) is 12.1 Å². The van der Waals surface area contributed by atoms with Gasteiger partial charge < -0.3 is 9.88 Å². The predicted molar refractivity (Wildman–Crippen MR) is 66.1 cm³/mol. The van der Waals surface area contributed by atoms with Crippen LogP contribution in [0.3, 0.4) is 0 Å². The Morgan fingerprint density at radius 3 is 2.82 bits per heavy atom. The molecule has 3 nitrogen and oxygen atoms in total. The summed E-state index contributed by atoms with van der Waals surface area (Å²) in [6, 6.07) is 6.53. The Labute approximate surface area is 100 Å². The summed E-state index contributed by atoms with van der Waals surface area (Å²) in [6.07, 6.45) is 0. The molecule has 4 heteroatoms. The van der Waals surface area contributed by atoms with E-state index in [4.69, 9.17) is 0 Å². The summed E-state index contributed by atoms with van der Waals surface area (Å²) in [5.74, 6) is 0.715. The molecule has 0 saturated carbocycles. The summed E-state index contributed by atoms with van der Waals surface area (Å²) in [7, 11) is 3.85. The van der Waals surface area contributed by atoms with Crippen molar-refractivity contribution < 1.29 is 4.39 Å². The Morgan fingerprint density at radius 2 is 2.18 bits per heavy atom. The molecule has 0 atom stereocenters. The average molecular weight is 233 g/mol. The van der Waals surface area contributed by atoms with Gasteiger partial charge in [0.1, 0.15) is 11.6 Å². The second-order valence-corrected chi connectivity index (χ2v) is 4.06. The largest absolute Gasteiger partial charge is 0.334 e. The van der Waals surface area contributed by atoms with Crippen molar-refractivity contribution in [3.8, 4) is 11.3 Å². The third-order valence-electron chi connectivity index (χ3n) is 2.91. The number of hydrogen-bond donors (Lipinski definition) is 1. The number of nitrogens with one attached hydrogen (secondary N) is 1. The molecule has 0 amide bonds.